The van der Waals surface area contributed by atoms with Gasteiger partial charge in [0.1, 0.15) is 0 Å². The van der Waals surface area contributed by atoms with Crippen molar-refractivity contribution in [2.75, 3.05) is 0 Å². The van der Waals surface area contributed by atoms with Crippen LogP contribution < -0.4 is 5.22 Å². The van der Waals surface area contributed by atoms with E-state index in [9.17, 15) is 0 Å². The molecule has 196 valence electrons. The van der Waals surface area contributed by atoms with Crippen LogP contribution in [0.3, 0.4) is 0 Å². The van der Waals surface area contributed by atoms with Crippen molar-refractivity contribution < 1.29 is 0 Å². The van der Waals surface area contributed by atoms with E-state index in [2.05, 4.69) is 132 Å². The lowest BCUT2D eigenvalue weighted by atomic mass is 9.61. The highest BCUT2D eigenvalue weighted by molar-refractivity contribution is 6.23. The smallest absolute Gasteiger partial charge is 0.00261 e. The molecule has 5 rings (SSSR count). The summed E-state index contributed by atoms with van der Waals surface area (Å²) in [6, 6.07) is 15.0. The largest absolute Gasteiger partial charge is 0.0692 e. The van der Waals surface area contributed by atoms with Crippen LogP contribution in [0.4, 0.5) is 0 Å². The monoisotopic (exact) mass is 492 g/mol. The molecule has 0 spiro atoms. The molecule has 0 bridgehead atoms. The van der Waals surface area contributed by atoms with Crippen LogP contribution in [0.25, 0.3) is 38.4 Å². The fourth-order valence-electron chi connectivity index (χ4n) is 6.14. The summed E-state index contributed by atoms with van der Waals surface area (Å²) in [6.45, 7) is 30.9. The molecule has 0 nitrogen and oxygen atoms in total. The van der Waals surface area contributed by atoms with Gasteiger partial charge in [-0.1, -0.05) is 114 Å². The van der Waals surface area contributed by atoms with Crippen LogP contribution in [0.2, 0.25) is 0 Å². The van der Waals surface area contributed by atoms with E-state index in [0.717, 1.165) is 6.42 Å². The second-order valence-corrected chi connectivity index (χ2v) is 16.4. The van der Waals surface area contributed by atoms with Crippen molar-refractivity contribution in [1.29, 1.82) is 0 Å². The Morgan fingerprint density at radius 3 is 1.43 bits per heavy atom. The van der Waals surface area contributed by atoms with E-state index in [4.69, 9.17) is 0 Å². The Kier molecular flexibility index (Phi) is 5.41. The van der Waals surface area contributed by atoms with Gasteiger partial charge in [-0.2, -0.15) is 0 Å². The maximum atomic E-state index is 2.65. The number of benzene rings is 4. The van der Waals surface area contributed by atoms with Gasteiger partial charge in [0.05, 0.1) is 0 Å². The van der Waals surface area contributed by atoms with Gasteiger partial charge in [0.2, 0.25) is 0 Å². The molecule has 1 aliphatic carbocycles. The normalized spacial score (nSPS) is 19.2. The SMILES string of the molecule is CC(C)(C)c1cc2cc(C(C)(C)C)cc3c4cc(C(C)(C)C)cc5c4c(c(c1)c23)=CC(C)(C(C)(C)C)C5. The first-order valence-electron chi connectivity index (χ1n) is 14.2. The zero-order chi connectivity index (χ0) is 27.5. The van der Waals surface area contributed by atoms with E-state index in [1.807, 2.05) is 0 Å². The quantitative estimate of drug-likeness (QED) is 0.169. The first kappa shape index (κ1) is 26.3. The molecule has 37 heavy (non-hydrogen) atoms. The first-order chi connectivity index (χ1) is 16.7. The van der Waals surface area contributed by atoms with Crippen molar-refractivity contribution in [1.82, 2.24) is 0 Å². The Bertz CT molecular complexity index is 1610. The Balaban J connectivity index is 2.13. The molecule has 4 aromatic rings. The zero-order valence-corrected chi connectivity index (χ0v) is 25.7. The summed E-state index contributed by atoms with van der Waals surface area (Å²) in [6.07, 6.45) is 3.74. The van der Waals surface area contributed by atoms with Crippen molar-refractivity contribution in [2.45, 2.75) is 113 Å². The summed E-state index contributed by atoms with van der Waals surface area (Å²) in [5.41, 5.74) is 6.33. The lowest BCUT2D eigenvalue weighted by Crippen LogP contribution is -2.37. The minimum Gasteiger partial charge on any atom is -0.0692 e. The van der Waals surface area contributed by atoms with Crippen molar-refractivity contribution in [3.05, 3.63) is 63.9 Å². The summed E-state index contributed by atoms with van der Waals surface area (Å²) in [7, 11) is 0. The molecule has 0 N–H and O–H groups in total. The van der Waals surface area contributed by atoms with Gasteiger partial charge in [-0.15, -0.1) is 0 Å². The summed E-state index contributed by atoms with van der Waals surface area (Å²) >= 11 is 0. The van der Waals surface area contributed by atoms with Crippen molar-refractivity contribution in [3.63, 3.8) is 0 Å². The molecule has 1 unspecified atom stereocenters. The van der Waals surface area contributed by atoms with Crippen LogP contribution in [0, 0.1) is 10.8 Å². The minimum absolute atomic E-state index is 0.0794. The average molecular weight is 493 g/mol. The number of hydrogen-bond donors (Lipinski definition) is 0. The Hall–Kier alpha value is -2.34. The van der Waals surface area contributed by atoms with Gasteiger partial charge in [-0.3, -0.25) is 0 Å². The van der Waals surface area contributed by atoms with Gasteiger partial charge in [0.25, 0.3) is 0 Å². The standard InChI is InChI=1S/C37H48/c1-33(2,3)24-14-22-15-25(34(4,5)6)19-29-30-21-37(13,36(10,11)12)20-23-16-26(35(7,8)9)18-28(32(23)30)27(17-24)31(22)29/h14-19,21H,20H2,1-13H3. The first-order valence-corrected chi connectivity index (χ1v) is 14.2. The van der Waals surface area contributed by atoms with Gasteiger partial charge in [-0.25, -0.2) is 0 Å². The fraction of sp³-hybridized carbons (Fsp3) is 0.514. The molecular formula is C37H48. The average Bonchev–Trinajstić information content (AvgIpc) is 2.73. The molecule has 0 aromatic heterocycles. The molecule has 0 heterocycles. The Morgan fingerprint density at radius 1 is 0.541 bits per heavy atom. The Morgan fingerprint density at radius 2 is 0.973 bits per heavy atom. The van der Waals surface area contributed by atoms with Gasteiger partial charge in [0.15, 0.2) is 0 Å². The summed E-state index contributed by atoms with van der Waals surface area (Å²) in [5, 5.41) is 10.1. The highest BCUT2D eigenvalue weighted by Gasteiger charge is 2.39. The van der Waals surface area contributed by atoms with Gasteiger partial charge < -0.3 is 0 Å². The highest BCUT2D eigenvalue weighted by atomic mass is 14.4. The molecule has 0 aliphatic heterocycles. The molecule has 0 fully saturated rings. The van der Waals surface area contributed by atoms with Gasteiger partial charge in [-0.05, 0) is 111 Å². The third-order valence-electron chi connectivity index (χ3n) is 9.45. The molecule has 1 aliphatic rings. The topological polar surface area (TPSA) is 0 Å². The van der Waals surface area contributed by atoms with Crippen LogP contribution in [0.1, 0.15) is 112 Å². The van der Waals surface area contributed by atoms with E-state index in [1.165, 1.54) is 59.8 Å². The molecular weight excluding hydrogens is 444 g/mol. The van der Waals surface area contributed by atoms with E-state index < -0.39 is 0 Å². The molecule has 0 amide bonds. The zero-order valence-electron chi connectivity index (χ0n) is 25.7. The Labute approximate surface area is 225 Å². The van der Waals surface area contributed by atoms with E-state index in [0.29, 0.717) is 0 Å². The van der Waals surface area contributed by atoms with Crippen molar-refractivity contribution in [3.8, 4) is 0 Å². The second kappa shape index (κ2) is 7.62. The minimum atomic E-state index is 0.0794. The van der Waals surface area contributed by atoms with Crippen LogP contribution >= 0.6 is 0 Å². The van der Waals surface area contributed by atoms with Crippen LogP contribution in [0.5, 0.6) is 0 Å². The molecule has 0 saturated heterocycles. The van der Waals surface area contributed by atoms with Gasteiger partial charge in [0, 0.05) is 0 Å². The molecule has 0 saturated carbocycles. The van der Waals surface area contributed by atoms with E-state index in [1.54, 1.807) is 0 Å². The number of hydrogen-bond acceptors (Lipinski definition) is 0. The van der Waals surface area contributed by atoms with Crippen LogP contribution in [-0.4, -0.2) is 0 Å². The summed E-state index contributed by atoms with van der Waals surface area (Å²) in [4.78, 5) is 0. The third-order valence-corrected chi connectivity index (χ3v) is 9.45. The van der Waals surface area contributed by atoms with Crippen LogP contribution in [-0.2, 0) is 22.7 Å². The molecule has 4 aromatic carbocycles. The highest BCUT2D eigenvalue weighted by Crippen LogP contribution is 2.48. The summed E-state index contributed by atoms with van der Waals surface area (Å²) < 4.78 is 0. The maximum absolute atomic E-state index is 2.65. The van der Waals surface area contributed by atoms with Crippen LogP contribution in [0.15, 0.2) is 36.4 Å². The predicted octanol–water partition coefficient (Wildman–Crippen LogP) is 10.1. The maximum Gasteiger partial charge on any atom is -0.00261 e. The van der Waals surface area contributed by atoms with Crippen molar-refractivity contribution >= 4 is 38.4 Å². The van der Waals surface area contributed by atoms with E-state index >= 15 is 0 Å². The second-order valence-electron chi connectivity index (χ2n) is 16.4. The van der Waals surface area contributed by atoms with Crippen molar-refractivity contribution in [2.24, 2.45) is 10.8 Å². The van der Waals surface area contributed by atoms with Gasteiger partial charge >= 0.3 is 0 Å². The molecule has 1 atom stereocenters. The van der Waals surface area contributed by atoms with E-state index in [-0.39, 0.29) is 27.1 Å². The lowest BCUT2D eigenvalue weighted by Gasteiger charge is -2.43. The number of fused-ring (bicyclic) bond motifs is 2. The fourth-order valence-corrected chi connectivity index (χ4v) is 6.14. The third kappa shape index (κ3) is 4.10. The number of rotatable bonds is 0. The predicted molar refractivity (Wildman–Crippen MR) is 166 cm³/mol. The lowest BCUT2D eigenvalue weighted by molar-refractivity contribution is 0.186. The molecule has 0 radical (unpaired) electrons. The summed E-state index contributed by atoms with van der Waals surface area (Å²) in [5.74, 6) is 0. The molecule has 0 heteroatoms.